The lowest BCUT2D eigenvalue weighted by molar-refractivity contribution is 0.463. The second kappa shape index (κ2) is 4.04. The molecule has 0 saturated heterocycles. The van der Waals surface area contributed by atoms with E-state index in [2.05, 4.69) is 4.57 Å². The van der Waals surface area contributed by atoms with Crippen LogP contribution in [0.3, 0.4) is 0 Å². The van der Waals surface area contributed by atoms with Crippen LogP contribution in [0.25, 0.3) is 0 Å². The molecule has 1 aromatic rings. The van der Waals surface area contributed by atoms with Gasteiger partial charge in [0.2, 0.25) is 0 Å². The van der Waals surface area contributed by atoms with Crippen LogP contribution < -0.4 is 5.73 Å². The lowest BCUT2D eigenvalue weighted by Crippen LogP contribution is -2.30. The van der Waals surface area contributed by atoms with Gasteiger partial charge in [-0.25, -0.2) is 4.98 Å². The zero-order valence-corrected chi connectivity index (χ0v) is 10.2. The fraction of sp³-hybridized carbons (Fsp3) is 0.750. The van der Waals surface area contributed by atoms with Gasteiger partial charge in [0.05, 0.1) is 5.69 Å². The summed E-state index contributed by atoms with van der Waals surface area (Å²) in [4.78, 5) is 4.73. The molecule has 1 fully saturated rings. The van der Waals surface area contributed by atoms with E-state index in [1.165, 1.54) is 25.7 Å². The SMILES string of the molecule is NC1CCn2c(nc(C3CCCC3)c2Cl)C1. The number of nitrogens with zero attached hydrogens (tertiary/aromatic N) is 2. The Balaban J connectivity index is 1.95. The standard InChI is InChI=1S/C12H18ClN3/c13-12-11(8-3-1-2-4-8)15-10-7-9(14)5-6-16(10)12/h8-9H,1-7,14H2. The van der Waals surface area contributed by atoms with Crippen molar-refractivity contribution < 1.29 is 0 Å². The minimum absolute atomic E-state index is 0.266. The van der Waals surface area contributed by atoms with Gasteiger partial charge < -0.3 is 10.3 Å². The highest BCUT2D eigenvalue weighted by Crippen LogP contribution is 2.38. The van der Waals surface area contributed by atoms with E-state index in [1.54, 1.807) is 0 Å². The maximum Gasteiger partial charge on any atom is 0.132 e. The number of halogens is 1. The highest BCUT2D eigenvalue weighted by molar-refractivity contribution is 6.30. The van der Waals surface area contributed by atoms with E-state index in [0.29, 0.717) is 5.92 Å². The molecule has 0 amide bonds. The molecule has 1 unspecified atom stereocenters. The van der Waals surface area contributed by atoms with Gasteiger partial charge in [0.1, 0.15) is 11.0 Å². The predicted molar refractivity (Wildman–Crippen MR) is 64.7 cm³/mol. The Bertz CT molecular complexity index is 393. The van der Waals surface area contributed by atoms with Gasteiger partial charge in [-0.15, -0.1) is 0 Å². The van der Waals surface area contributed by atoms with Gasteiger partial charge in [-0.1, -0.05) is 24.4 Å². The molecule has 2 aliphatic rings. The molecule has 2 heterocycles. The molecule has 1 aromatic heterocycles. The molecule has 0 radical (unpaired) electrons. The van der Waals surface area contributed by atoms with Crippen LogP contribution in [-0.4, -0.2) is 15.6 Å². The van der Waals surface area contributed by atoms with Gasteiger partial charge in [0.25, 0.3) is 0 Å². The first-order valence-corrected chi connectivity index (χ1v) is 6.64. The Morgan fingerprint density at radius 2 is 2.00 bits per heavy atom. The average Bonchev–Trinajstić information content (AvgIpc) is 2.86. The van der Waals surface area contributed by atoms with Crippen molar-refractivity contribution in [2.45, 2.75) is 57.0 Å². The quantitative estimate of drug-likeness (QED) is 0.818. The number of imidazole rings is 1. The van der Waals surface area contributed by atoms with Crippen LogP contribution in [0.1, 0.15) is 49.5 Å². The van der Waals surface area contributed by atoms with Crippen LogP contribution in [0.4, 0.5) is 0 Å². The molecule has 88 valence electrons. The number of fused-ring (bicyclic) bond motifs is 1. The minimum atomic E-state index is 0.266. The number of nitrogens with two attached hydrogens (primary N) is 1. The molecule has 1 saturated carbocycles. The van der Waals surface area contributed by atoms with E-state index >= 15 is 0 Å². The summed E-state index contributed by atoms with van der Waals surface area (Å²) < 4.78 is 2.17. The normalized spacial score (nSPS) is 26.0. The van der Waals surface area contributed by atoms with E-state index < -0.39 is 0 Å². The molecular weight excluding hydrogens is 222 g/mol. The molecule has 3 nitrogen and oxygen atoms in total. The van der Waals surface area contributed by atoms with Crippen LogP contribution in [0.5, 0.6) is 0 Å². The second-order valence-electron chi connectivity index (χ2n) is 5.09. The number of aromatic nitrogens is 2. The number of hydrogen-bond donors (Lipinski definition) is 1. The van der Waals surface area contributed by atoms with E-state index in [-0.39, 0.29) is 6.04 Å². The Morgan fingerprint density at radius 3 is 2.75 bits per heavy atom. The molecule has 0 aromatic carbocycles. The Labute approximate surface area is 101 Å². The van der Waals surface area contributed by atoms with Crippen molar-refractivity contribution in [3.05, 3.63) is 16.7 Å². The first-order valence-electron chi connectivity index (χ1n) is 6.26. The minimum Gasteiger partial charge on any atom is -0.327 e. The van der Waals surface area contributed by atoms with E-state index in [0.717, 1.165) is 36.1 Å². The van der Waals surface area contributed by atoms with Crippen LogP contribution in [0.15, 0.2) is 0 Å². The van der Waals surface area contributed by atoms with Crippen molar-refractivity contribution in [2.75, 3.05) is 0 Å². The third kappa shape index (κ3) is 1.66. The van der Waals surface area contributed by atoms with E-state index in [9.17, 15) is 0 Å². The number of rotatable bonds is 1. The maximum absolute atomic E-state index is 6.43. The molecule has 2 N–H and O–H groups in total. The van der Waals surface area contributed by atoms with Crippen LogP contribution in [0, 0.1) is 0 Å². The molecule has 1 aliphatic carbocycles. The van der Waals surface area contributed by atoms with Crippen molar-refractivity contribution in [3.63, 3.8) is 0 Å². The second-order valence-corrected chi connectivity index (χ2v) is 5.45. The summed E-state index contributed by atoms with van der Waals surface area (Å²) in [5.74, 6) is 1.70. The summed E-state index contributed by atoms with van der Waals surface area (Å²) in [5.41, 5.74) is 7.11. The molecule has 3 rings (SSSR count). The van der Waals surface area contributed by atoms with Gasteiger partial charge in [-0.05, 0) is 19.3 Å². The summed E-state index contributed by atoms with van der Waals surface area (Å²) in [5, 5.41) is 0.883. The van der Waals surface area contributed by atoms with Crippen LogP contribution in [-0.2, 0) is 13.0 Å². The smallest absolute Gasteiger partial charge is 0.132 e. The van der Waals surface area contributed by atoms with Gasteiger partial charge in [0.15, 0.2) is 0 Å². The predicted octanol–water partition coefficient (Wildman–Crippen LogP) is 2.47. The summed E-state index contributed by atoms with van der Waals surface area (Å²) >= 11 is 6.43. The van der Waals surface area contributed by atoms with Gasteiger partial charge in [-0.3, -0.25) is 0 Å². The Kier molecular flexibility index (Phi) is 2.68. The molecule has 16 heavy (non-hydrogen) atoms. The van der Waals surface area contributed by atoms with E-state index in [4.69, 9.17) is 22.3 Å². The van der Waals surface area contributed by atoms with Gasteiger partial charge >= 0.3 is 0 Å². The van der Waals surface area contributed by atoms with Crippen molar-refractivity contribution in [2.24, 2.45) is 5.73 Å². The zero-order chi connectivity index (χ0) is 11.1. The lowest BCUT2D eigenvalue weighted by atomic mass is 10.1. The van der Waals surface area contributed by atoms with Crippen molar-refractivity contribution in [3.8, 4) is 0 Å². The fourth-order valence-electron chi connectivity index (χ4n) is 2.97. The molecule has 1 aliphatic heterocycles. The van der Waals surface area contributed by atoms with Crippen molar-refractivity contribution in [1.29, 1.82) is 0 Å². The zero-order valence-electron chi connectivity index (χ0n) is 9.45. The summed E-state index contributed by atoms with van der Waals surface area (Å²) in [6.07, 6.45) is 7.05. The molecular formula is C12H18ClN3. The number of hydrogen-bond acceptors (Lipinski definition) is 2. The topological polar surface area (TPSA) is 43.8 Å². The first kappa shape index (κ1) is 10.6. The molecule has 0 spiro atoms. The Hall–Kier alpha value is -0.540. The largest absolute Gasteiger partial charge is 0.327 e. The summed E-state index contributed by atoms with van der Waals surface area (Å²) in [6.45, 7) is 0.940. The van der Waals surface area contributed by atoms with Crippen molar-refractivity contribution >= 4 is 11.6 Å². The molecule has 1 atom stereocenters. The molecule has 0 bridgehead atoms. The third-order valence-electron chi connectivity index (χ3n) is 3.92. The van der Waals surface area contributed by atoms with Crippen LogP contribution >= 0.6 is 11.6 Å². The third-order valence-corrected chi connectivity index (χ3v) is 4.32. The molecule has 4 heteroatoms. The lowest BCUT2D eigenvalue weighted by Gasteiger charge is -2.19. The van der Waals surface area contributed by atoms with E-state index in [1.807, 2.05) is 0 Å². The summed E-state index contributed by atoms with van der Waals surface area (Å²) in [7, 11) is 0. The summed E-state index contributed by atoms with van der Waals surface area (Å²) in [6, 6.07) is 0.266. The maximum atomic E-state index is 6.43. The first-order chi connectivity index (χ1) is 7.75. The highest BCUT2D eigenvalue weighted by atomic mass is 35.5. The van der Waals surface area contributed by atoms with Crippen molar-refractivity contribution in [1.82, 2.24) is 9.55 Å². The van der Waals surface area contributed by atoms with Gasteiger partial charge in [0, 0.05) is 24.9 Å². The monoisotopic (exact) mass is 239 g/mol. The van der Waals surface area contributed by atoms with Crippen LogP contribution in [0.2, 0.25) is 5.15 Å². The highest BCUT2D eigenvalue weighted by Gasteiger charge is 2.27. The average molecular weight is 240 g/mol. The Morgan fingerprint density at radius 1 is 1.25 bits per heavy atom. The fourth-order valence-corrected chi connectivity index (χ4v) is 3.35. The van der Waals surface area contributed by atoms with Gasteiger partial charge in [-0.2, -0.15) is 0 Å².